The second-order valence-electron chi connectivity index (χ2n) is 5.82. The number of anilines is 2. The van der Waals surface area contributed by atoms with Crippen molar-refractivity contribution in [1.82, 2.24) is 0 Å². The highest BCUT2D eigenvalue weighted by molar-refractivity contribution is 8.00. The number of hydrogen-bond acceptors (Lipinski definition) is 5. The highest BCUT2D eigenvalue weighted by atomic mass is 32.2. The van der Waals surface area contributed by atoms with Gasteiger partial charge in [-0.05, 0) is 37.3 Å². The van der Waals surface area contributed by atoms with E-state index in [1.807, 2.05) is 25.1 Å². The smallest absolute Gasteiger partial charge is 0.338 e. The first-order valence-electron chi connectivity index (χ1n) is 8.06. The Labute approximate surface area is 155 Å². The van der Waals surface area contributed by atoms with E-state index < -0.39 is 5.97 Å². The van der Waals surface area contributed by atoms with Crippen molar-refractivity contribution in [2.24, 2.45) is 0 Å². The van der Waals surface area contributed by atoms with E-state index in [4.69, 9.17) is 4.74 Å². The Hall–Kier alpha value is -2.80. The number of amides is 2. The van der Waals surface area contributed by atoms with Gasteiger partial charge < -0.3 is 15.0 Å². The van der Waals surface area contributed by atoms with Crippen LogP contribution in [0.15, 0.2) is 53.4 Å². The molecule has 3 rings (SSSR count). The van der Waals surface area contributed by atoms with Gasteiger partial charge >= 0.3 is 5.97 Å². The van der Waals surface area contributed by atoms with Gasteiger partial charge in [0.05, 0.1) is 16.5 Å². The van der Waals surface area contributed by atoms with Crippen molar-refractivity contribution in [2.75, 3.05) is 23.9 Å². The fourth-order valence-electron chi connectivity index (χ4n) is 2.44. The molecule has 1 aliphatic heterocycles. The second kappa shape index (κ2) is 7.61. The predicted octanol–water partition coefficient (Wildman–Crippen LogP) is 2.94. The molecule has 0 radical (unpaired) electrons. The van der Waals surface area contributed by atoms with Crippen molar-refractivity contribution in [2.45, 2.75) is 17.1 Å². The molecule has 26 heavy (non-hydrogen) atoms. The third-order valence-corrected chi connectivity index (χ3v) is 5.17. The first-order chi connectivity index (χ1) is 12.5. The number of likely N-dealkylation sites (N-methyl/N-ethyl adjacent to an activating group) is 1. The molecule has 2 amide bonds. The first kappa shape index (κ1) is 18.0. The van der Waals surface area contributed by atoms with E-state index in [1.54, 1.807) is 37.4 Å². The zero-order chi connectivity index (χ0) is 18.7. The van der Waals surface area contributed by atoms with Crippen molar-refractivity contribution in [3.63, 3.8) is 0 Å². The summed E-state index contributed by atoms with van der Waals surface area (Å²) in [5.41, 5.74) is 1.59. The van der Waals surface area contributed by atoms with Crippen molar-refractivity contribution in [1.29, 1.82) is 0 Å². The van der Waals surface area contributed by atoms with Gasteiger partial charge in [0.25, 0.3) is 5.91 Å². The summed E-state index contributed by atoms with van der Waals surface area (Å²) in [4.78, 5) is 38.5. The molecule has 0 bridgehead atoms. The number of benzene rings is 2. The minimum absolute atomic E-state index is 0.104. The lowest BCUT2D eigenvalue weighted by Gasteiger charge is -2.21. The lowest BCUT2D eigenvalue weighted by Crippen LogP contribution is -2.31. The van der Waals surface area contributed by atoms with Crippen LogP contribution in [0.4, 0.5) is 11.4 Å². The van der Waals surface area contributed by atoms with E-state index >= 15 is 0 Å². The summed E-state index contributed by atoms with van der Waals surface area (Å²) in [7, 11) is 1.62. The van der Waals surface area contributed by atoms with Crippen LogP contribution in [0.25, 0.3) is 0 Å². The van der Waals surface area contributed by atoms with Gasteiger partial charge in [0, 0.05) is 17.6 Å². The standard InChI is InChI=1S/C19H18N2O4S/c1-12-18(23)20-15-10-13(8-9-16(15)26-12)19(24)25-11-17(22)21(2)14-6-4-3-5-7-14/h3-10,12H,11H2,1-2H3,(H,20,23). The third kappa shape index (κ3) is 3.88. The van der Waals surface area contributed by atoms with Crippen LogP contribution < -0.4 is 10.2 Å². The van der Waals surface area contributed by atoms with Crippen molar-refractivity contribution >= 4 is 40.9 Å². The molecule has 0 aromatic heterocycles. The lowest BCUT2D eigenvalue weighted by molar-refractivity contribution is -0.121. The van der Waals surface area contributed by atoms with Crippen LogP contribution in [0.1, 0.15) is 17.3 Å². The molecule has 1 atom stereocenters. The van der Waals surface area contributed by atoms with E-state index in [9.17, 15) is 14.4 Å². The molecule has 7 heteroatoms. The molecule has 134 valence electrons. The Morgan fingerprint density at radius 1 is 1.19 bits per heavy atom. The number of nitrogens with zero attached hydrogens (tertiary/aromatic N) is 1. The second-order valence-corrected chi connectivity index (χ2v) is 7.21. The van der Waals surface area contributed by atoms with Crippen LogP contribution >= 0.6 is 11.8 Å². The van der Waals surface area contributed by atoms with Gasteiger partial charge in [-0.25, -0.2) is 4.79 Å². The van der Waals surface area contributed by atoms with E-state index in [0.717, 1.165) is 10.6 Å². The number of nitrogens with one attached hydrogen (secondary N) is 1. The van der Waals surface area contributed by atoms with Crippen LogP contribution in [0, 0.1) is 0 Å². The van der Waals surface area contributed by atoms with Crippen LogP contribution in [0.5, 0.6) is 0 Å². The maximum atomic E-state index is 12.2. The monoisotopic (exact) mass is 370 g/mol. The topological polar surface area (TPSA) is 75.7 Å². The molecule has 0 aliphatic carbocycles. The normalized spacial score (nSPS) is 15.6. The lowest BCUT2D eigenvalue weighted by atomic mass is 10.2. The average molecular weight is 370 g/mol. The molecule has 6 nitrogen and oxygen atoms in total. The summed E-state index contributed by atoms with van der Waals surface area (Å²) in [6.07, 6.45) is 0. The van der Waals surface area contributed by atoms with Gasteiger partial charge in [-0.15, -0.1) is 11.8 Å². The molecule has 2 aromatic carbocycles. The van der Waals surface area contributed by atoms with E-state index in [-0.39, 0.29) is 29.2 Å². The van der Waals surface area contributed by atoms with Crippen LogP contribution in [0.3, 0.4) is 0 Å². The number of rotatable bonds is 4. The minimum Gasteiger partial charge on any atom is -0.452 e. The van der Waals surface area contributed by atoms with Crippen molar-refractivity contribution in [3.8, 4) is 0 Å². The predicted molar refractivity (Wildman–Crippen MR) is 101 cm³/mol. The van der Waals surface area contributed by atoms with Crippen LogP contribution in [-0.2, 0) is 14.3 Å². The number of carbonyl (C=O) groups excluding carboxylic acids is 3. The molecule has 0 spiro atoms. The van der Waals surface area contributed by atoms with Gasteiger partial charge in [-0.2, -0.15) is 0 Å². The number of ether oxygens (including phenoxy) is 1. The van der Waals surface area contributed by atoms with Gasteiger partial charge in [0.1, 0.15) is 0 Å². The number of fused-ring (bicyclic) bond motifs is 1. The van der Waals surface area contributed by atoms with E-state index in [0.29, 0.717) is 5.69 Å². The van der Waals surface area contributed by atoms with Gasteiger partial charge in [0.2, 0.25) is 5.91 Å². The summed E-state index contributed by atoms with van der Waals surface area (Å²) in [6.45, 7) is 1.46. The number of thioether (sulfide) groups is 1. The fourth-order valence-corrected chi connectivity index (χ4v) is 3.37. The Morgan fingerprint density at radius 3 is 2.65 bits per heavy atom. The Bertz CT molecular complexity index is 854. The average Bonchev–Trinajstić information content (AvgIpc) is 2.66. The molecule has 0 saturated heterocycles. The molecular formula is C19H18N2O4S. The van der Waals surface area contributed by atoms with Crippen molar-refractivity contribution in [3.05, 3.63) is 54.1 Å². The Balaban J connectivity index is 1.63. The van der Waals surface area contributed by atoms with Crippen LogP contribution in [0.2, 0.25) is 0 Å². The summed E-state index contributed by atoms with van der Waals surface area (Å²) in [5.74, 6) is -1.05. The molecular weight excluding hydrogens is 352 g/mol. The SMILES string of the molecule is CC1Sc2ccc(C(=O)OCC(=O)N(C)c3ccccc3)cc2NC1=O. The zero-order valence-corrected chi connectivity index (χ0v) is 15.2. The summed E-state index contributed by atoms with van der Waals surface area (Å²) < 4.78 is 5.12. The minimum atomic E-state index is -0.611. The summed E-state index contributed by atoms with van der Waals surface area (Å²) in [6, 6.07) is 14.1. The molecule has 1 aliphatic rings. The zero-order valence-electron chi connectivity index (χ0n) is 14.4. The molecule has 0 fully saturated rings. The molecule has 0 saturated carbocycles. The van der Waals surface area contributed by atoms with E-state index in [1.165, 1.54) is 16.7 Å². The fraction of sp³-hybridized carbons (Fsp3) is 0.211. The quantitative estimate of drug-likeness (QED) is 0.838. The molecule has 1 N–H and O–H groups in total. The van der Waals surface area contributed by atoms with Gasteiger partial charge in [-0.1, -0.05) is 18.2 Å². The van der Waals surface area contributed by atoms with Crippen molar-refractivity contribution < 1.29 is 19.1 Å². The van der Waals surface area contributed by atoms with Gasteiger partial charge in [-0.3, -0.25) is 9.59 Å². The number of para-hydroxylation sites is 1. The van der Waals surface area contributed by atoms with Crippen LogP contribution in [-0.4, -0.2) is 36.7 Å². The highest BCUT2D eigenvalue weighted by Gasteiger charge is 2.24. The summed E-state index contributed by atoms with van der Waals surface area (Å²) in [5, 5.41) is 2.59. The highest BCUT2D eigenvalue weighted by Crippen LogP contribution is 2.36. The summed E-state index contributed by atoms with van der Waals surface area (Å²) >= 11 is 1.44. The van der Waals surface area contributed by atoms with E-state index in [2.05, 4.69) is 5.32 Å². The number of esters is 1. The maximum absolute atomic E-state index is 12.2. The Kier molecular flexibility index (Phi) is 5.27. The molecule has 2 aromatic rings. The molecule has 1 unspecified atom stereocenters. The molecule has 1 heterocycles. The third-order valence-electron chi connectivity index (χ3n) is 3.99. The largest absolute Gasteiger partial charge is 0.452 e. The maximum Gasteiger partial charge on any atom is 0.338 e. The Morgan fingerprint density at radius 2 is 1.92 bits per heavy atom. The first-order valence-corrected chi connectivity index (χ1v) is 8.94. The number of carbonyl (C=O) groups is 3. The number of hydrogen-bond donors (Lipinski definition) is 1. The van der Waals surface area contributed by atoms with Gasteiger partial charge in [0.15, 0.2) is 6.61 Å².